The van der Waals surface area contributed by atoms with E-state index in [1.165, 1.54) is 0 Å². The van der Waals surface area contributed by atoms with Gasteiger partial charge in [0.05, 0.1) is 12.3 Å². The summed E-state index contributed by atoms with van der Waals surface area (Å²) in [7, 11) is 0. The molecule has 124 valence electrons. The van der Waals surface area contributed by atoms with E-state index in [1.807, 2.05) is 37.3 Å². The van der Waals surface area contributed by atoms with E-state index in [4.69, 9.17) is 9.15 Å². The zero-order valence-electron chi connectivity index (χ0n) is 13.5. The van der Waals surface area contributed by atoms with Crippen LogP contribution in [0.4, 0.5) is 0 Å². The molecule has 0 bridgehead atoms. The van der Waals surface area contributed by atoms with Gasteiger partial charge in [-0.2, -0.15) is 0 Å². The topological polar surface area (TPSA) is 51.4 Å². The molecule has 6 heteroatoms. The first-order chi connectivity index (χ1) is 11.8. The van der Waals surface area contributed by atoms with E-state index in [1.54, 1.807) is 17.6 Å². The van der Waals surface area contributed by atoms with E-state index >= 15 is 0 Å². The van der Waals surface area contributed by atoms with Crippen molar-refractivity contribution in [1.29, 1.82) is 0 Å². The van der Waals surface area contributed by atoms with E-state index in [9.17, 15) is 0 Å². The molecule has 3 aromatic rings. The predicted octanol–water partition coefficient (Wildman–Crippen LogP) is 3.68. The number of nitrogens with zero attached hydrogens (tertiary/aromatic N) is 3. The smallest absolute Gasteiger partial charge is 0.226 e. The maximum Gasteiger partial charge on any atom is 0.226 e. The molecule has 1 aliphatic rings. The minimum absolute atomic E-state index is 0.0537. The minimum atomic E-state index is 0.0537. The summed E-state index contributed by atoms with van der Waals surface area (Å²) < 4.78 is 11.5. The Morgan fingerprint density at radius 2 is 2.12 bits per heavy atom. The van der Waals surface area contributed by atoms with Crippen molar-refractivity contribution in [3.63, 3.8) is 0 Å². The molecule has 0 N–H and O–H groups in total. The van der Waals surface area contributed by atoms with E-state index in [2.05, 4.69) is 20.2 Å². The third-order valence-electron chi connectivity index (χ3n) is 4.02. The van der Waals surface area contributed by atoms with Crippen molar-refractivity contribution in [2.75, 3.05) is 19.7 Å². The highest BCUT2D eigenvalue weighted by atomic mass is 32.1. The lowest BCUT2D eigenvalue weighted by Crippen LogP contribution is -2.37. The summed E-state index contributed by atoms with van der Waals surface area (Å²) in [6.45, 7) is 5.23. The lowest BCUT2D eigenvalue weighted by molar-refractivity contribution is -0.0334. The first-order valence-corrected chi connectivity index (χ1v) is 8.92. The molecular weight excluding hydrogens is 322 g/mol. The summed E-state index contributed by atoms with van der Waals surface area (Å²) in [5, 5.41) is 3.13. The first kappa shape index (κ1) is 15.5. The Balaban J connectivity index is 1.43. The largest absolute Gasteiger partial charge is 0.444 e. The molecule has 5 nitrogen and oxygen atoms in total. The molecule has 3 heterocycles. The Morgan fingerprint density at radius 3 is 2.92 bits per heavy atom. The standard InChI is InChI=1S/C18H19N3O2S/c1-13-12-24-18(19-13)16-10-21(7-8-22-16)9-15-11-23-17(20-15)14-5-3-2-4-6-14/h2-6,11-12,16H,7-10H2,1H3. The van der Waals surface area contributed by atoms with Gasteiger partial charge in [0.2, 0.25) is 5.89 Å². The number of hydrogen-bond acceptors (Lipinski definition) is 6. The highest BCUT2D eigenvalue weighted by Crippen LogP contribution is 2.26. The average molecular weight is 341 g/mol. The Morgan fingerprint density at radius 1 is 1.25 bits per heavy atom. The first-order valence-electron chi connectivity index (χ1n) is 8.04. The summed E-state index contributed by atoms with van der Waals surface area (Å²) in [5.41, 5.74) is 3.01. The fourth-order valence-electron chi connectivity index (χ4n) is 2.84. The van der Waals surface area contributed by atoms with Crippen LogP contribution in [0, 0.1) is 6.92 Å². The van der Waals surface area contributed by atoms with Crippen LogP contribution in [-0.4, -0.2) is 34.6 Å². The molecule has 1 unspecified atom stereocenters. The van der Waals surface area contributed by atoms with Crippen LogP contribution in [0.5, 0.6) is 0 Å². The van der Waals surface area contributed by atoms with Crippen LogP contribution >= 0.6 is 11.3 Å². The zero-order chi connectivity index (χ0) is 16.4. The lowest BCUT2D eigenvalue weighted by Gasteiger charge is -2.31. The number of ether oxygens (including phenoxy) is 1. The maximum atomic E-state index is 5.88. The van der Waals surface area contributed by atoms with Crippen molar-refractivity contribution >= 4 is 11.3 Å². The van der Waals surface area contributed by atoms with Crippen LogP contribution in [0.3, 0.4) is 0 Å². The molecule has 0 amide bonds. The number of aryl methyl sites for hydroxylation is 1. The number of benzene rings is 1. The molecule has 1 aromatic carbocycles. The number of thiazole rings is 1. The zero-order valence-corrected chi connectivity index (χ0v) is 14.3. The molecule has 1 atom stereocenters. The summed E-state index contributed by atoms with van der Waals surface area (Å²) in [4.78, 5) is 11.5. The second-order valence-corrected chi connectivity index (χ2v) is 6.82. The van der Waals surface area contributed by atoms with Crippen molar-refractivity contribution in [1.82, 2.24) is 14.9 Å². The molecule has 24 heavy (non-hydrogen) atoms. The van der Waals surface area contributed by atoms with Gasteiger partial charge < -0.3 is 9.15 Å². The minimum Gasteiger partial charge on any atom is -0.444 e. The Labute approximate surface area is 144 Å². The predicted molar refractivity (Wildman–Crippen MR) is 92.8 cm³/mol. The summed E-state index contributed by atoms with van der Waals surface area (Å²) in [6.07, 6.45) is 1.80. The van der Waals surface area contributed by atoms with Crippen molar-refractivity contribution in [3.05, 3.63) is 58.4 Å². The summed E-state index contributed by atoms with van der Waals surface area (Å²) >= 11 is 1.67. The molecule has 2 aromatic heterocycles. The van der Waals surface area contributed by atoms with Gasteiger partial charge in [-0.3, -0.25) is 4.90 Å². The highest BCUT2D eigenvalue weighted by molar-refractivity contribution is 7.09. The van der Waals surface area contributed by atoms with E-state index in [0.717, 1.165) is 41.6 Å². The van der Waals surface area contributed by atoms with Crippen molar-refractivity contribution < 1.29 is 9.15 Å². The van der Waals surface area contributed by atoms with Gasteiger partial charge in [-0.1, -0.05) is 18.2 Å². The molecular formula is C18H19N3O2S. The highest BCUT2D eigenvalue weighted by Gasteiger charge is 2.25. The average Bonchev–Trinajstić information content (AvgIpc) is 3.25. The van der Waals surface area contributed by atoms with Gasteiger partial charge >= 0.3 is 0 Å². The number of hydrogen-bond donors (Lipinski definition) is 0. The molecule has 0 radical (unpaired) electrons. The Hall–Kier alpha value is -2.02. The van der Waals surface area contributed by atoms with Crippen LogP contribution in [0.25, 0.3) is 11.5 Å². The van der Waals surface area contributed by atoms with Gasteiger partial charge in [0, 0.05) is 36.3 Å². The van der Waals surface area contributed by atoms with Crippen LogP contribution in [0.2, 0.25) is 0 Å². The van der Waals surface area contributed by atoms with Crippen molar-refractivity contribution in [2.45, 2.75) is 19.6 Å². The van der Waals surface area contributed by atoms with Gasteiger partial charge in [-0.15, -0.1) is 11.3 Å². The summed E-state index contributed by atoms with van der Waals surface area (Å²) in [5.74, 6) is 0.672. The lowest BCUT2D eigenvalue weighted by atomic mass is 10.2. The van der Waals surface area contributed by atoms with E-state index in [-0.39, 0.29) is 6.10 Å². The summed E-state index contributed by atoms with van der Waals surface area (Å²) in [6, 6.07) is 9.97. The fraction of sp³-hybridized carbons (Fsp3) is 0.333. The second-order valence-electron chi connectivity index (χ2n) is 5.93. The quantitative estimate of drug-likeness (QED) is 0.724. The number of oxazole rings is 1. The third kappa shape index (κ3) is 3.40. The fourth-order valence-corrected chi connectivity index (χ4v) is 3.67. The molecule has 1 saturated heterocycles. The number of rotatable bonds is 4. The van der Waals surface area contributed by atoms with Gasteiger partial charge in [0.25, 0.3) is 0 Å². The maximum absolute atomic E-state index is 5.88. The normalized spacial score (nSPS) is 18.8. The van der Waals surface area contributed by atoms with Crippen LogP contribution in [-0.2, 0) is 11.3 Å². The molecule has 0 aliphatic carbocycles. The molecule has 0 spiro atoms. The number of morpholine rings is 1. The van der Waals surface area contributed by atoms with E-state index in [0.29, 0.717) is 12.5 Å². The molecule has 1 fully saturated rings. The van der Waals surface area contributed by atoms with Crippen LogP contribution in [0.1, 0.15) is 22.5 Å². The SMILES string of the molecule is Cc1csc(C2CN(Cc3coc(-c4ccccc4)n3)CCO2)n1. The van der Waals surface area contributed by atoms with Crippen LogP contribution in [0.15, 0.2) is 46.4 Å². The number of aromatic nitrogens is 2. The van der Waals surface area contributed by atoms with E-state index < -0.39 is 0 Å². The Bertz CT molecular complexity index is 799. The van der Waals surface area contributed by atoms with Gasteiger partial charge in [0.15, 0.2) is 0 Å². The van der Waals surface area contributed by atoms with Gasteiger partial charge in [-0.05, 0) is 19.1 Å². The van der Waals surface area contributed by atoms with Gasteiger partial charge in [0.1, 0.15) is 17.4 Å². The van der Waals surface area contributed by atoms with Gasteiger partial charge in [-0.25, -0.2) is 9.97 Å². The Kier molecular flexibility index (Phi) is 4.42. The monoisotopic (exact) mass is 341 g/mol. The van der Waals surface area contributed by atoms with Crippen molar-refractivity contribution in [2.24, 2.45) is 0 Å². The molecule has 0 saturated carbocycles. The second kappa shape index (κ2) is 6.84. The molecule has 1 aliphatic heterocycles. The van der Waals surface area contributed by atoms with Crippen molar-refractivity contribution in [3.8, 4) is 11.5 Å². The molecule has 4 rings (SSSR count). The third-order valence-corrected chi connectivity index (χ3v) is 5.08. The van der Waals surface area contributed by atoms with Crippen LogP contribution < -0.4 is 0 Å².